The van der Waals surface area contributed by atoms with Crippen molar-refractivity contribution in [2.45, 2.75) is 6.42 Å². The average Bonchev–Trinajstić information content (AvgIpc) is 2.25. The molecule has 0 bridgehead atoms. The molecule has 0 aliphatic carbocycles. The molecule has 0 radical (unpaired) electrons. The summed E-state index contributed by atoms with van der Waals surface area (Å²) in [6.07, 6.45) is 3.80. The molecular formula is C10H11N5. The minimum absolute atomic E-state index is 0.362. The molecular weight excluding hydrogens is 190 g/mol. The Balaban J connectivity index is 2.32. The van der Waals surface area contributed by atoms with E-state index in [0.717, 1.165) is 11.3 Å². The number of aromatic nitrogens is 3. The lowest BCUT2D eigenvalue weighted by molar-refractivity contribution is 0.995. The molecule has 0 atom stereocenters. The van der Waals surface area contributed by atoms with Crippen LogP contribution in [0.3, 0.4) is 0 Å². The highest BCUT2D eigenvalue weighted by atomic mass is 15.1. The van der Waals surface area contributed by atoms with Gasteiger partial charge in [-0.15, -0.1) is 5.10 Å². The second-order valence-electron chi connectivity index (χ2n) is 3.16. The summed E-state index contributed by atoms with van der Waals surface area (Å²) in [4.78, 5) is 4.20. The Morgan fingerprint density at radius 2 is 2.07 bits per heavy atom. The summed E-state index contributed by atoms with van der Waals surface area (Å²) in [5, 5.41) is 7.42. The zero-order valence-corrected chi connectivity index (χ0v) is 8.09. The molecule has 2 rings (SSSR count). The smallest absolute Gasteiger partial charge is 0.151 e. The molecule has 0 amide bonds. The molecule has 4 N–H and O–H groups in total. The van der Waals surface area contributed by atoms with E-state index in [1.54, 1.807) is 6.20 Å². The first-order valence-corrected chi connectivity index (χ1v) is 4.53. The van der Waals surface area contributed by atoms with E-state index >= 15 is 0 Å². The Bertz CT molecular complexity index is 434. The molecule has 2 aromatic heterocycles. The van der Waals surface area contributed by atoms with E-state index in [1.807, 2.05) is 18.2 Å². The Morgan fingerprint density at radius 3 is 2.73 bits per heavy atom. The van der Waals surface area contributed by atoms with Gasteiger partial charge in [0.2, 0.25) is 0 Å². The molecule has 0 aliphatic rings. The maximum absolute atomic E-state index is 5.76. The van der Waals surface area contributed by atoms with Crippen molar-refractivity contribution in [3.63, 3.8) is 0 Å². The van der Waals surface area contributed by atoms with E-state index < -0.39 is 0 Å². The summed E-state index contributed by atoms with van der Waals surface area (Å²) >= 11 is 0. The molecule has 2 heterocycles. The van der Waals surface area contributed by atoms with Crippen molar-refractivity contribution in [1.29, 1.82) is 0 Å². The van der Waals surface area contributed by atoms with E-state index in [9.17, 15) is 0 Å². The highest BCUT2D eigenvalue weighted by Crippen LogP contribution is 2.18. The normalized spacial score (nSPS) is 10.1. The number of rotatable bonds is 2. The van der Waals surface area contributed by atoms with Gasteiger partial charge in [-0.2, -0.15) is 5.10 Å². The number of pyridine rings is 1. The fourth-order valence-electron chi connectivity index (χ4n) is 1.32. The summed E-state index contributed by atoms with van der Waals surface area (Å²) in [6.45, 7) is 0. The molecule has 15 heavy (non-hydrogen) atoms. The predicted molar refractivity (Wildman–Crippen MR) is 57.9 cm³/mol. The second-order valence-corrected chi connectivity index (χ2v) is 3.16. The maximum Gasteiger partial charge on any atom is 0.151 e. The Kier molecular flexibility index (Phi) is 2.45. The number of nitrogen functional groups attached to an aromatic ring is 2. The van der Waals surface area contributed by atoms with Gasteiger partial charge in [0.25, 0.3) is 0 Å². The molecule has 0 aliphatic heterocycles. The third-order valence-corrected chi connectivity index (χ3v) is 2.10. The lowest BCUT2D eigenvalue weighted by Gasteiger charge is -2.06. The maximum atomic E-state index is 5.76. The molecule has 5 nitrogen and oxygen atoms in total. The van der Waals surface area contributed by atoms with Crippen molar-refractivity contribution in [1.82, 2.24) is 15.2 Å². The van der Waals surface area contributed by atoms with Crippen LogP contribution in [-0.2, 0) is 6.42 Å². The van der Waals surface area contributed by atoms with Gasteiger partial charge in [0.1, 0.15) is 0 Å². The summed E-state index contributed by atoms with van der Waals surface area (Å²) in [5.74, 6) is 0.362. The van der Waals surface area contributed by atoms with Crippen molar-refractivity contribution in [2.24, 2.45) is 0 Å². The third kappa shape index (κ3) is 2.01. The molecule has 0 saturated carbocycles. The lowest BCUT2D eigenvalue weighted by atomic mass is 10.1. The van der Waals surface area contributed by atoms with Crippen LogP contribution in [0.1, 0.15) is 11.3 Å². The number of nitrogens with two attached hydrogens (primary N) is 2. The molecule has 0 unspecified atom stereocenters. The SMILES string of the molecule is Nc1cnnc(N)c1Cc1ccccn1. The van der Waals surface area contributed by atoms with Crippen LogP contribution < -0.4 is 11.5 Å². The molecule has 2 aromatic rings. The predicted octanol–water partition coefficient (Wildman–Crippen LogP) is 0.627. The third-order valence-electron chi connectivity index (χ3n) is 2.10. The van der Waals surface area contributed by atoms with Crippen LogP contribution in [0.5, 0.6) is 0 Å². The van der Waals surface area contributed by atoms with E-state index in [2.05, 4.69) is 15.2 Å². The average molecular weight is 201 g/mol. The van der Waals surface area contributed by atoms with Crippen LogP contribution in [0.25, 0.3) is 0 Å². The van der Waals surface area contributed by atoms with Crippen LogP contribution in [0.4, 0.5) is 11.5 Å². The van der Waals surface area contributed by atoms with Gasteiger partial charge in [0.15, 0.2) is 5.82 Å². The first kappa shape index (κ1) is 9.39. The largest absolute Gasteiger partial charge is 0.397 e. The Labute approximate surface area is 87.2 Å². The van der Waals surface area contributed by atoms with Crippen LogP contribution in [-0.4, -0.2) is 15.2 Å². The minimum Gasteiger partial charge on any atom is -0.397 e. The summed E-state index contributed by atoms with van der Waals surface area (Å²) in [5.41, 5.74) is 13.7. The number of nitrogens with zero attached hydrogens (tertiary/aromatic N) is 3. The van der Waals surface area contributed by atoms with Crippen molar-refractivity contribution < 1.29 is 0 Å². The number of hydrogen-bond donors (Lipinski definition) is 2. The molecule has 0 fully saturated rings. The molecule has 0 saturated heterocycles. The monoisotopic (exact) mass is 201 g/mol. The van der Waals surface area contributed by atoms with Crippen LogP contribution >= 0.6 is 0 Å². The Morgan fingerprint density at radius 1 is 1.20 bits per heavy atom. The minimum atomic E-state index is 0.362. The lowest BCUT2D eigenvalue weighted by Crippen LogP contribution is -2.05. The van der Waals surface area contributed by atoms with E-state index in [1.165, 1.54) is 6.20 Å². The van der Waals surface area contributed by atoms with Gasteiger partial charge >= 0.3 is 0 Å². The summed E-state index contributed by atoms with van der Waals surface area (Å²) in [7, 11) is 0. The fraction of sp³-hybridized carbons (Fsp3) is 0.100. The number of anilines is 2. The van der Waals surface area contributed by atoms with Gasteiger partial charge in [0.05, 0.1) is 11.9 Å². The van der Waals surface area contributed by atoms with Crippen LogP contribution in [0.2, 0.25) is 0 Å². The Hall–Kier alpha value is -2.17. The quantitative estimate of drug-likeness (QED) is 0.743. The highest BCUT2D eigenvalue weighted by Gasteiger charge is 2.07. The van der Waals surface area contributed by atoms with Crippen molar-refractivity contribution >= 4 is 11.5 Å². The second kappa shape index (κ2) is 3.91. The van der Waals surface area contributed by atoms with Gasteiger partial charge < -0.3 is 11.5 Å². The molecule has 0 aromatic carbocycles. The van der Waals surface area contributed by atoms with E-state index in [0.29, 0.717) is 17.9 Å². The molecule has 76 valence electrons. The van der Waals surface area contributed by atoms with Gasteiger partial charge in [-0.3, -0.25) is 4.98 Å². The standard InChI is InChI=1S/C10H11N5/c11-9-6-14-15-10(12)8(9)5-7-3-1-2-4-13-7/h1-4,6H,5H2,(H4,11,12,15). The first-order valence-electron chi connectivity index (χ1n) is 4.53. The van der Waals surface area contributed by atoms with Crippen molar-refractivity contribution in [3.05, 3.63) is 41.9 Å². The van der Waals surface area contributed by atoms with Gasteiger partial charge in [-0.1, -0.05) is 6.07 Å². The zero-order chi connectivity index (χ0) is 10.7. The molecule has 5 heteroatoms. The van der Waals surface area contributed by atoms with Gasteiger partial charge in [-0.25, -0.2) is 0 Å². The summed E-state index contributed by atoms with van der Waals surface area (Å²) < 4.78 is 0. The van der Waals surface area contributed by atoms with Gasteiger partial charge in [-0.05, 0) is 12.1 Å². The van der Waals surface area contributed by atoms with Crippen LogP contribution in [0.15, 0.2) is 30.6 Å². The fourth-order valence-corrected chi connectivity index (χ4v) is 1.32. The van der Waals surface area contributed by atoms with Crippen molar-refractivity contribution in [2.75, 3.05) is 11.5 Å². The van der Waals surface area contributed by atoms with Gasteiger partial charge in [0, 0.05) is 23.9 Å². The topological polar surface area (TPSA) is 90.7 Å². The summed E-state index contributed by atoms with van der Waals surface area (Å²) in [6, 6.07) is 5.70. The highest BCUT2D eigenvalue weighted by molar-refractivity contribution is 5.56. The molecule has 0 spiro atoms. The van der Waals surface area contributed by atoms with E-state index in [4.69, 9.17) is 11.5 Å². The van der Waals surface area contributed by atoms with E-state index in [-0.39, 0.29) is 0 Å². The van der Waals surface area contributed by atoms with Crippen LogP contribution in [0, 0.1) is 0 Å². The zero-order valence-electron chi connectivity index (χ0n) is 8.09. The first-order chi connectivity index (χ1) is 7.27. The number of hydrogen-bond acceptors (Lipinski definition) is 5. The van der Waals surface area contributed by atoms with Crippen molar-refractivity contribution in [3.8, 4) is 0 Å².